The van der Waals surface area contributed by atoms with E-state index < -0.39 is 9.39 Å². The molecule has 0 spiro atoms. The summed E-state index contributed by atoms with van der Waals surface area (Å²) in [7, 11) is -1.43. The van der Waals surface area contributed by atoms with Crippen LogP contribution in [-0.2, 0) is 6.54 Å². The number of H-pyrrole nitrogens is 2. The summed E-state index contributed by atoms with van der Waals surface area (Å²) in [4.78, 5) is 17.0. The van der Waals surface area contributed by atoms with Crippen LogP contribution >= 0.6 is 9.39 Å². The Hall–Kier alpha value is -4.80. The van der Waals surface area contributed by atoms with Crippen LogP contribution in [0.1, 0.15) is 31.7 Å². The highest BCUT2D eigenvalue weighted by Gasteiger charge is 2.16. The monoisotopic (exact) mass is 606 g/mol. The maximum absolute atomic E-state index is 14.7. The summed E-state index contributed by atoms with van der Waals surface area (Å²) in [5.41, 5.74) is 9.07. The van der Waals surface area contributed by atoms with Crippen molar-refractivity contribution >= 4 is 48.6 Å². The van der Waals surface area contributed by atoms with Crippen molar-refractivity contribution in [2.45, 2.75) is 32.7 Å². The molecule has 44 heavy (non-hydrogen) atoms. The summed E-state index contributed by atoms with van der Waals surface area (Å²) in [5, 5.41) is 12.9. The van der Waals surface area contributed by atoms with Crippen LogP contribution < -0.4 is 10.0 Å². The molecule has 5 aromatic heterocycles. The van der Waals surface area contributed by atoms with Gasteiger partial charge in [0.15, 0.2) is 0 Å². The molecule has 0 amide bonds. The van der Waals surface area contributed by atoms with Crippen molar-refractivity contribution in [2.24, 2.45) is 0 Å². The number of nitrogens with one attached hydrogen (secondary N) is 4. The molecule has 0 aliphatic rings. The quantitative estimate of drug-likeness (QED) is 0.112. The van der Waals surface area contributed by atoms with Crippen molar-refractivity contribution in [3.63, 3.8) is 0 Å². The lowest BCUT2D eigenvalue weighted by molar-refractivity contribution is 0.625. The van der Waals surface area contributed by atoms with E-state index in [2.05, 4.69) is 65.4 Å². The number of hydrogen-bond donors (Lipinski definition) is 4. The molecule has 6 rings (SSSR count). The van der Waals surface area contributed by atoms with Crippen LogP contribution in [0.25, 0.3) is 55.6 Å². The lowest BCUT2D eigenvalue weighted by Crippen LogP contribution is -2.08. The Balaban J connectivity index is 1.35. The summed E-state index contributed by atoms with van der Waals surface area (Å²) in [5.74, 6) is 7.80. The number of allylic oxidation sites excluding steroid dienone is 1. The first-order valence-corrected chi connectivity index (χ1v) is 16.7. The molecule has 0 radical (unpaired) electrons. The maximum Gasteiger partial charge on any atom is 0.124 e. The second-order valence-corrected chi connectivity index (χ2v) is 14.1. The Bertz CT molecular complexity index is 2110. The number of hydrogen-bond acceptors (Lipinski definition) is 6. The lowest BCUT2D eigenvalue weighted by Gasteiger charge is -2.12. The molecule has 8 nitrogen and oxygen atoms in total. The molecule has 0 atom stereocenters. The Kier molecular flexibility index (Phi) is 8.03. The predicted octanol–water partition coefficient (Wildman–Crippen LogP) is 7.79. The molecular formula is C34H35FN8S. The van der Waals surface area contributed by atoms with E-state index in [1.807, 2.05) is 30.5 Å². The molecule has 0 fully saturated rings. The maximum atomic E-state index is 14.7. The predicted molar refractivity (Wildman–Crippen MR) is 184 cm³/mol. The van der Waals surface area contributed by atoms with Gasteiger partial charge in [-0.1, -0.05) is 31.7 Å². The van der Waals surface area contributed by atoms with Gasteiger partial charge in [-0.25, -0.2) is 4.39 Å². The van der Waals surface area contributed by atoms with Crippen LogP contribution in [-0.4, -0.2) is 48.1 Å². The molecule has 0 saturated heterocycles. The molecule has 0 aliphatic carbocycles. The number of fused-ring (bicyclic) bond motifs is 2. The third-order valence-corrected chi connectivity index (χ3v) is 8.17. The molecule has 224 valence electrons. The van der Waals surface area contributed by atoms with Crippen molar-refractivity contribution in [3.8, 4) is 33.8 Å². The Morgan fingerprint density at radius 1 is 0.932 bits per heavy atom. The van der Waals surface area contributed by atoms with Gasteiger partial charge in [-0.05, 0) is 66.6 Å². The molecule has 5 heterocycles. The van der Waals surface area contributed by atoms with Crippen molar-refractivity contribution < 1.29 is 4.39 Å². The number of unbranched alkanes of at least 4 members (excludes halogenated alkanes) is 1. The zero-order valence-corrected chi connectivity index (χ0v) is 25.7. The number of benzene rings is 1. The molecule has 1 aromatic carbocycles. The third kappa shape index (κ3) is 6.41. The van der Waals surface area contributed by atoms with Gasteiger partial charge in [0, 0.05) is 46.5 Å². The molecule has 0 unspecified atom stereocenters. The number of pyridine rings is 3. The summed E-state index contributed by atoms with van der Waals surface area (Å²) in [6.07, 6.45) is 14.0. The highest BCUT2D eigenvalue weighted by molar-refractivity contribution is 8.25. The molecule has 10 heteroatoms. The van der Waals surface area contributed by atoms with Gasteiger partial charge >= 0.3 is 0 Å². The number of anilines is 1. The summed E-state index contributed by atoms with van der Waals surface area (Å²) in [6.45, 7) is 6.78. The number of aromatic amines is 2. The average Bonchev–Trinajstić information content (AvgIpc) is 3.62. The van der Waals surface area contributed by atoms with Crippen LogP contribution in [0.5, 0.6) is 0 Å². The molecule has 0 aliphatic heterocycles. The van der Waals surface area contributed by atoms with E-state index in [0.29, 0.717) is 6.54 Å². The van der Waals surface area contributed by atoms with Crippen molar-refractivity contribution in [3.05, 3.63) is 91.0 Å². The minimum atomic E-state index is -1.43. The number of rotatable bonds is 11. The second kappa shape index (κ2) is 12.1. The zero-order valence-electron chi connectivity index (χ0n) is 24.9. The van der Waals surface area contributed by atoms with Crippen molar-refractivity contribution in [2.75, 3.05) is 11.6 Å². The average molecular weight is 607 g/mol. The number of halogens is 1. The lowest BCUT2D eigenvalue weighted by atomic mass is 10.0. The molecule has 0 bridgehead atoms. The van der Waals surface area contributed by atoms with Crippen LogP contribution in [0.3, 0.4) is 0 Å². The largest absolute Gasteiger partial charge is 0.358 e. The Morgan fingerprint density at radius 2 is 1.77 bits per heavy atom. The first kappa shape index (κ1) is 29.3. The number of nitrogens with zero attached hydrogens (tertiary/aromatic N) is 4. The van der Waals surface area contributed by atoms with Gasteiger partial charge in [-0.15, -0.1) is 0 Å². The second-order valence-electron chi connectivity index (χ2n) is 11.3. The Morgan fingerprint density at radius 3 is 2.59 bits per heavy atom. The van der Waals surface area contributed by atoms with Crippen LogP contribution in [0.2, 0.25) is 0 Å². The van der Waals surface area contributed by atoms with E-state index in [0.717, 1.165) is 91.8 Å². The van der Waals surface area contributed by atoms with Gasteiger partial charge in [-0.3, -0.25) is 24.8 Å². The van der Waals surface area contributed by atoms with Gasteiger partial charge in [-0.2, -0.15) is 14.5 Å². The zero-order chi connectivity index (χ0) is 30.8. The van der Waals surface area contributed by atoms with Gasteiger partial charge in [0.25, 0.3) is 0 Å². The SMILES string of the molecule is C=C(CCCC)Nc1cncc(-c2cc3c(-c4cc5c(-c6cc(F)cc(CNS(=C)(=C)C)c6)cncc5[nH]4)n[nH]c3cn2)c1. The fourth-order valence-electron chi connectivity index (χ4n) is 5.16. The van der Waals surface area contributed by atoms with Gasteiger partial charge in [0.1, 0.15) is 11.5 Å². The Labute approximate surface area is 256 Å². The minimum absolute atomic E-state index is 0.311. The fraction of sp³-hybridized carbons (Fsp3) is 0.176. The number of aromatic nitrogens is 6. The fourth-order valence-corrected chi connectivity index (χ4v) is 5.67. The van der Waals surface area contributed by atoms with Crippen LogP contribution in [0.15, 0.2) is 79.7 Å². The van der Waals surface area contributed by atoms with E-state index >= 15 is 0 Å². The van der Waals surface area contributed by atoms with Gasteiger partial charge in [0.05, 0.1) is 46.7 Å². The van der Waals surface area contributed by atoms with Gasteiger partial charge in [0.2, 0.25) is 0 Å². The van der Waals surface area contributed by atoms with Gasteiger partial charge < -0.3 is 10.3 Å². The summed E-state index contributed by atoms with van der Waals surface area (Å²) < 4.78 is 18.0. The highest BCUT2D eigenvalue weighted by Crippen LogP contribution is 2.35. The first-order chi connectivity index (χ1) is 21.2. The topological polar surface area (TPSA) is 107 Å². The van der Waals surface area contributed by atoms with E-state index in [9.17, 15) is 4.39 Å². The molecular weight excluding hydrogens is 571 g/mol. The van der Waals surface area contributed by atoms with Crippen molar-refractivity contribution in [1.82, 2.24) is 34.9 Å². The first-order valence-electron chi connectivity index (χ1n) is 14.4. The molecule has 0 saturated carbocycles. The molecule has 6 aromatic rings. The van der Waals surface area contributed by atoms with Crippen LogP contribution in [0, 0.1) is 5.82 Å². The van der Waals surface area contributed by atoms with E-state index in [4.69, 9.17) is 0 Å². The van der Waals surface area contributed by atoms with E-state index in [-0.39, 0.29) is 5.82 Å². The van der Waals surface area contributed by atoms with E-state index in [1.165, 1.54) is 12.1 Å². The normalized spacial score (nSPS) is 11.8. The standard InChI is InChI=1S/C34H35FN8S/c1-6-7-8-21(2)40-26-12-24(16-36-17-26)30-14-28-33(20-38-30)42-43-34(28)31-13-27-29(18-37-19-32(27)41-31)23-9-22(10-25(35)11-23)15-39-44(3,4)5/h9-14,16-20,39-41H,2-4,6-8,15H2,1,5H3,(H,42,43). The summed E-state index contributed by atoms with van der Waals surface area (Å²) in [6, 6.07) is 11.1. The molecule has 4 N–H and O–H groups in total. The summed E-state index contributed by atoms with van der Waals surface area (Å²) >= 11 is 0. The third-order valence-electron chi connectivity index (χ3n) is 7.33. The smallest absolute Gasteiger partial charge is 0.124 e. The van der Waals surface area contributed by atoms with E-state index in [1.54, 1.807) is 31.0 Å². The van der Waals surface area contributed by atoms with Crippen molar-refractivity contribution in [1.29, 1.82) is 0 Å². The minimum Gasteiger partial charge on any atom is -0.358 e. The van der Waals surface area contributed by atoms with Crippen LogP contribution in [0.4, 0.5) is 10.1 Å². The highest BCUT2D eigenvalue weighted by atomic mass is 32.2.